The van der Waals surface area contributed by atoms with Gasteiger partial charge in [0.2, 0.25) is 0 Å². The highest BCUT2D eigenvalue weighted by molar-refractivity contribution is 5.11. The van der Waals surface area contributed by atoms with Crippen LogP contribution in [0.1, 0.15) is 57.8 Å². The number of hydrogen-bond acceptors (Lipinski definition) is 2. The van der Waals surface area contributed by atoms with E-state index in [4.69, 9.17) is 5.73 Å². The lowest BCUT2D eigenvalue weighted by Gasteiger charge is -2.12. The molecular weight excluding hydrogens is 210 g/mol. The van der Waals surface area contributed by atoms with Crippen LogP contribution in [0.5, 0.6) is 0 Å². The van der Waals surface area contributed by atoms with E-state index in [2.05, 4.69) is 36.6 Å². The highest BCUT2D eigenvalue weighted by atomic mass is 15.3. The van der Waals surface area contributed by atoms with Gasteiger partial charge in [0.15, 0.2) is 0 Å². The molecule has 1 heterocycles. The highest BCUT2D eigenvalue weighted by Gasteiger charge is 2.10. The second-order valence-corrected chi connectivity index (χ2v) is 4.76. The first-order valence-corrected chi connectivity index (χ1v) is 7.02. The summed E-state index contributed by atoms with van der Waals surface area (Å²) in [6.07, 6.45) is 6.90. The van der Waals surface area contributed by atoms with Crippen molar-refractivity contribution in [3.8, 4) is 0 Å². The topological polar surface area (TPSA) is 43.8 Å². The number of aromatic nitrogens is 2. The predicted molar refractivity (Wildman–Crippen MR) is 73.1 cm³/mol. The molecule has 3 nitrogen and oxygen atoms in total. The predicted octanol–water partition coefficient (Wildman–Crippen LogP) is 2.92. The molecule has 3 heteroatoms. The maximum Gasteiger partial charge on any atom is 0.0624 e. The van der Waals surface area contributed by atoms with E-state index in [9.17, 15) is 0 Å². The zero-order valence-electron chi connectivity index (χ0n) is 11.6. The van der Waals surface area contributed by atoms with E-state index in [0.29, 0.717) is 0 Å². The summed E-state index contributed by atoms with van der Waals surface area (Å²) in [5.41, 5.74) is 8.66. The number of aryl methyl sites for hydroxylation is 2. The second-order valence-electron chi connectivity index (χ2n) is 4.76. The van der Waals surface area contributed by atoms with Crippen molar-refractivity contribution in [1.82, 2.24) is 9.78 Å². The molecule has 0 radical (unpaired) electrons. The van der Waals surface area contributed by atoms with Crippen LogP contribution in [0, 0.1) is 0 Å². The molecule has 0 amide bonds. The van der Waals surface area contributed by atoms with Gasteiger partial charge in [0, 0.05) is 24.7 Å². The zero-order chi connectivity index (χ0) is 12.7. The van der Waals surface area contributed by atoms with Crippen LogP contribution >= 0.6 is 0 Å². The normalized spacial score (nSPS) is 12.9. The molecule has 0 saturated carbocycles. The minimum Gasteiger partial charge on any atom is -0.327 e. The van der Waals surface area contributed by atoms with E-state index in [1.165, 1.54) is 30.7 Å². The van der Waals surface area contributed by atoms with Crippen molar-refractivity contribution in [1.29, 1.82) is 0 Å². The lowest BCUT2D eigenvalue weighted by molar-refractivity contribution is 0.527. The zero-order valence-corrected chi connectivity index (χ0v) is 11.6. The molecule has 1 unspecified atom stereocenters. The molecule has 17 heavy (non-hydrogen) atoms. The Labute approximate surface area is 105 Å². The van der Waals surface area contributed by atoms with E-state index in [1.807, 2.05) is 0 Å². The summed E-state index contributed by atoms with van der Waals surface area (Å²) >= 11 is 0. The molecule has 1 atom stereocenters. The van der Waals surface area contributed by atoms with Crippen LogP contribution in [0.3, 0.4) is 0 Å². The largest absolute Gasteiger partial charge is 0.327 e. The molecule has 0 saturated heterocycles. The van der Waals surface area contributed by atoms with Crippen molar-refractivity contribution in [3.63, 3.8) is 0 Å². The number of nitrogens with zero attached hydrogens (tertiary/aromatic N) is 2. The van der Waals surface area contributed by atoms with Crippen LogP contribution in [-0.2, 0) is 19.4 Å². The molecule has 0 spiro atoms. The van der Waals surface area contributed by atoms with Crippen LogP contribution in [0.25, 0.3) is 0 Å². The molecule has 2 N–H and O–H groups in total. The Morgan fingerprint density at radius 1 is 1.29 bits per heavy atom. The van der Waals surface area contributed by atoms with E-state index < -0.39 is 0 Å². The third kappa shape index (κ3) is 4.50. The summed E-state index contributed by atoms with van der Waals surface area (Å²) in [6.45, 7) is 7.45. The molecule has 98 valence electrons. The van der Waals surface area contributed by atoms with E-state index in [0.717, 1.165) is 25.8 Å². The van der Waals surface area contributed by atoms with Gasteiger partial charge in [-0.05, 0) is 25.8 Å². The van der Waals surface area contributed by atoms with Gasteiger partial charge >= 0.3 is 0 Å². The average molecular weight is 237 g/mol. The van der Waals surface area contributed by atoms with Crippen LogP contribution in [0.15, 0.2) is 6.07 Å². The Hall–Kier alpha value is -0.830. The summed E-state index contributed by atoms with van der Waals surface area (Å²) in [5, 5.41) is 4.56. The van der Waals surface area contributed by atoms with Gasteiger partial charge in [-0.3, -0.25) is 4.68 Å². The van der Waals surface area contributed by atoms with Crippen molar-refractivity contribution in [2.45, 2.75) is 71.9 Å². The van der Waals surface area contributed by atoms with Gasteiger partial charge < -0.3 is 5.73 Å². The Morgan fingerprint density at radius 3 is 2.65 bits per heavy atom. The molecule has 0 aliphatic heterocycles. The molecule has 1 rings (SSSR count). The smallest absolute Gasteiger partial charge is 0.0624 e. The standard InChI is InChI=1S/C14H27N3/c1-4-7-8-9-12(15)10-14-11-13(5-2)16-17(14)6-3/h11-12H,4-10,15H2,1-3H3. The second kappa shape index (κ2) is 7.49. The lowest BCUT2D eigenvalue weighted by Crippen LogP contribution is -2.24. The monoisotopic (exact) mass is 237 g/mol. The third-order valence-electron chi connectivity index (χ3n) is 3.23. The third-order valence-corrected chi connectivity index (χ3v) is 3.23. The fourth-order valence-corrected chi connectivity index (χ4v) is 2.15. The minimum atomic E-state index is 0.285. The highest BCUT2D eigenvalue weighted by Crippen LogP contribution is 2.11. The number of hydrogen-bond donors (Lipinski definition) is 1. The molecular formula is C14H27N3. The fraction of sp³-hybridized carbons (Fsp3) is 0.786. The molecule has 0 bridgehead atoms. The number of rotatable bonds is 8. The molecule has 0 aromatic carbocycles. The number of nitrogens with two attached hydrogens (primary N) is 1. The Bertz CT molecular complexity index is 317. The van der Waals surface area contributed by atoms with Crippen LogP contribution in [0.4, 0.5) is 0 Å². The summed E-state index contributed by atoms with van der Waals surface area (Å²) in [7, 11) is 0. The molecule has 0 aliphatic carbocycles. The molecule has 0 fully saturated rings. The summed E-state index contributed by atoms with van der Waals surface area (Å²) in [5.74, 6) is 0. The Kier molecular flexibility index (Phi) is 6.27. The van der Waals surface area contributed by atoms with Gasteiger partial charge in [-0.1, -0.05) is 33.1 Å². The van der Waals surface area contributed by atoms with Crippen LogP contribution in [0.2, 0.25) is 0 Å². The van der Waals surface area contributed by atoms with Crippen molar-refractivity contribution in [3.05, 3.63) is 17.5 Å². The fourth-order valence-electron chi connectivity index (χ4n) is 2.15. The maximum absolute atomic E-state index is 6.18. The Balaban J connectivity index is 2.51. The van der Waals surface area contributed by atoms with Crippen molar-refractivity contribution in [2.24, 2.45) is 5.73 Å². The van der Waals surface area contributed by atoms with Crippen molar-refractivity contribution >= 4 is 0 Å². The van der Waals surface area contributed by atoms with Gasteiger partial charge in [0.1, 0.15) is 0 Å². The van der Waals surface area contributed by atoms with E-state index in [1.54, 1.807) is 0 Å². The molecule has 1 aromatic heterocycles. The summed E-state index contributed by atoms with van der Waals surface area (Å²) in [6, 6.07) is 2.50. The minimum absolute atomic E-state index is 0.285. The summed E-state index contributed by atoms with van der Waals surface area (Å²) < 4.78 is 2.10. The number of unbranched alkanes of at least 4 members (excludes halogenated alkanes) is 2. The van der Waals surface area contributed by atoms with Gasteiger partial charge in [-0.25, -0.2) is 0 Å². The molecule has 0 aliphatic rings. The van der Waals surface area contributed by atoms with Crippen molar-refractivity contribution < 1.29 is 0 Å². The summed E-state index contributed by atoms with van der Waals surface area (Å²) in [4.78, 5) is 0. The maximum atomic E-state index is 6.18. The van der Waals surface area contributed by atoms with Gasteiger partial charge in [0.25, 0.3) is 0 Å². The molecule has 1 aromatic rings. The first-order valence-electron chi connectivity index (χ1n) is 7.02. The van der Waals surface area contributed by atoms with Gasteiger partial charge in [-0.2, -0.15) is 5.10 Å². The lowest BCUT2D eigenvalue weighted by atomic mass is 10.0. The van der Waals surface area contributed by atoms with Gasteiger partial charge in [-0.15, -0.1) is 0 Å². The SMILES string of the molecule is CCCCCC(N)Cc1cc(CC)nn1CC. The first-order chi connectivity index (χ1) is 8.21. The van der Waals surface area contributed by atoms with Crippen molar-refractivity contribution in [2.75, 3.05) is 0 Å². The quantitative estimate of drug-likeness (QED) is 0.706. The Morgan fingerprint density at radius 2 is 2.06 bits per heavy atom. The van der Waals surface area contributed by atoms with Gasteiger partial charge in [0.05, 0.1) is 5.69 Å². The average Bonchev–Trinajstić information content (AvgIpc) is 2.71. The van der Waals surface area contributed by atoms with Crippen LogP contribution < -0.4 is 5.73 Å². The van der Waals surface area contributed by atoms with E-state index >= 15 is 0 Å². The van der Waals surface area contributed by atoms with E-state index in [-0.39, 0.29) is 6.04 Å². The van der Waals surface area contributed by atoms with Crippen LogP contribution in [-0.4, -0.2) is 15.8 Å². The first kappa shape index (κ1) is 14.2.